The van der Waals surface area contributed by atoms with Crippen LogP contribution < -0.4 is 5.32 Å². The standard InChI is InChI=1S/C16H24N4O2/c1-10(2)17-16(22)13-9-19-6-7-20(11(3)15(19)18-13)14(21)8-12-4-5-12/h9-12H,4-8H2,1-3H3,(H,17,22). The third-order valence-corrected chi connectivity index (χ3v) is 4.36. The first-order valence-electron chi connectivity index (χ1n) is 8.13. The Morgan fingerprint density at radius 2 is 2.09 bits per heavy atom. The van der Waals surface area contributed by atoms with Crippen LogP contribution in [-0.4, -0.2) is 38.9 Å². The maximum absolute atomic E-state index is 12.4. The van der Waals surface area contributed by atoms with E-state index >= 15 is 0 Å². The Morgan fingerprint density at radius 1 is 1.36 bits per heavy atom. The first-order valence-corrected chi connectivity index (χ1v) is 8.13. The molecule has 3 rings (SSSR count). The summed E-state index contributed by atoms with van der Waals surface area (Å²) in [5, 5.41) is 2.86. The van der Waals surface area contributed by atoms with Gasteiger partial charge in [-0.3, -0.25) is 9.59 Å². The van der Waals surface area contributed by atoms with Crippen LogP contribution in [0.2, 0.25) is 0 Å². The molecule has 0 bridgehead atoms. The lowest BCUT2D eigenvalue weighted by atomic mass is 10.1. The Kier molecular flexibility index (Phi) is 3.93. The molecule has 0 spiro atoms. The second-order valence-corrected chi connectivity index (χ2v) is 6.72. The van der Waals surface area contributed by atoms with Crippen LogP contribution >= 0.6 is 0 Å². The van der Waals surface area contributed by atoms with Gasteiger partial charge in [0.15, 0.2) is 0 Å². The highest BCUT2D eigenvalue weighted by Crippen LogP contribution is 2.34. The highest BCUT2D eigenvalue weighted by Gasteiger charge is 2.33. The monoisotopic (exact) mass is 304 g/mol. The Hall–Kier alpha value is -1.85. The van der Waals surface area contributed by atoms with Gasteiger partial charge in [-0.15, -0.1) is 0 Å². The molecule has 0 saturated heterocycles. The van der Waals surface area contributed by atoms with E-state index in [2.05, 4.69) is 10.3 Å². The van der Waals surface area contributed by atoms with Gasteiger partial charge in [-0.1, -0.05) is 0 Å². The molecule has 0 aromatic carbocycles. The van der Waals surface area contributed by atoms with Crippen LogP contribution in [-0.2, 0) is 11.3 Å². The van der Waals surface area contributed by atoms with Gasteiger partial charge in [-0.2, -0.15) is 0 Å². The Balaban J connectivity index is 1.74. The summed E-state index contributed by atoms with van der Waals surface area (Å²) < 4.78 is 2.00. The van der Waals surface area contributed by atoms with Crippen molar-refractivity contribution in [2.24, 2.45) is 5.92 Å². The number of carbonyl (C=O) groups excluding carboxylic acids is 2. The summed E-state index contributed by atoms with van der Waals surface area (Å²) >= 11 is 0. The largest absolute Gasteiger partial charge is 0.348 e. The predicted molar refractivity (Wildman–Crippen MR) is 82.3 cm³/mol. The van der Waals surface area contributed by atoms with Crippen molar-refractivity contribution in [2.45, 2.75) is 58.7 Å². The molecule has 22 heavy (non-hydrogen) atoms. The zero-order chi connectivity index (χ0) is 15.9. The number of nitrogens with zero attached hydrogens (tertiary/aromatic N) is 3. The summed E-state index contributed by atoms with van der Waals surface area (Å²) in [4.78, 5) is 30.8. The van der Waals surface area contributed by atoms with Crippen molar-refractivity contribution in [3.63, 3.8) is 0 Å². The normalized spacial score (nSPS) is 20.9. The second-order valence-electron chi connectivity index (χ2n) is 6.72. The number of nitrogens with one attached hydrogen (secondary N) is 1. The van der Waals surface area contributed by atoms with E-state index in [1.807, 2.05) is 30.2 Å². The molecular formula is C16H24N4O2. The molecule has 0 radical (unpaired) electrons. The Morgan fingerprint density at radius 3 is 2.73 bits per heavy atom. The van der Waals surface area contributed by atoms with Gasteiger partial charge in [0.2, 0.25) is 5.91 Å². The van der Waals surface area contributed by atoms with Gasteiger partial charge < -0.3 is 14.8 Å². The van der Waals surface area contributed by atoms with Gasteiger partial charge in [-0.25, -0.2) is 4.98 Å². The molecule has 2 aliphatic rings. The molecule has 2 amide bonds. The Labute approximate surface area is 130 Å². The number of rotatable bonds is 4. The molecule has 1 aliphatic carbocycles. The van der Waals surface area contributed by atoms with Gasteiger partial charge in [-0.05, 0) is 39.5 Å². The van der Waals surface area contributed by atoms with Crippen molar-refractivity contribution in [2.75, 3.05) is 6.54 Å². The summed E-state index contributed by atoms with van der Waals surface area (Å²) in [5.41, 5.74) is 0.437. The van der Waals surface area contributed by atoms with Gasteiger partial charge in [0.25, 0.3) is 5.91 Å². The molecule has 2 heterocycles. The van der Waals surface area contributed by atoms with E-state index in [4.69, 9.17) is 0 Å². The summed E-state index contributed by atoms with van der Waals surface area (Å²) in [7, 11) is 0. The lowest BCUT2D eigenvalue weighted by molar-refractivity contribution is -0.134. The molecule has 1 fully saturated rings. The number of imidazole rings is 1. The van der Waals surface area contributed by atoms with Crippen molar-refractivity contribution in [1.29, 1.82) is 0 Å². The summed E-state index contributed by atoms with van der Waals surface area (Å²) in [6, 6.07) is 0.0147. The number of aromatic nitrogens is 2. The maximum Gasteiger partial charge on any atom is 0.271 e. The van der Waals surface area contributed by atoms with Crippen LogP contribution in [0, 0.1) is 5.92 Å². The van der Waals surface area contributed by atoms with Crippen molar-refractivity contribution in [3.8, 4) is 0 Å². The molecule has 1 atom stereocenters. The molecule has 1 N–H and O–H groups in total. The summed E-state index contributed by atoms with van der Waals surface area (Å²) in [6.07, 6.45) is 4.82. The minimum Gasteiger partial charge on any atom is -0.348 e. The van der Waals surface area contributed by atoms with Crippen molar-refractivity contribution >= 4 is 11.8 Å². The summed E-state index contributed by atoms with van der Waals surface area (Å²) in [6.45, 7) is 7.25. The van der Waals surface area contributed by atoms with E-state index in [-0.39, 0.29) is 23.9 Å². The van der Waals surface area contributed by atoms with Crippen LogP contribution in [0.5, 0.6) is 0 Å². The first kappa shape index (κ1) is 15.1. The molecule has 1 unspecified atom stereocenters. The quantitative estimate of drug-likeness (QED) is 0.921. The van der Waals surface area contributed by atoms with Gasteiger partial charge in [0.05, 0.1) is 6.04 Å². The van der Waals surface area contributed by atoms with Gasteiger partial charge >= 0.3 is 0 Å². The number of carbonyl (C=O) groups is 2. The predicted octanol–water partition coefficient (Wildman–Crippen LogP) is 1.72. The first-order chi connectivity index (χ1) is 10.5. The van der Waals surface area contributed by atoms with Gasteiger partial charge in [0, 0.05) is 31.7 Å². The Bertz CT molecular complexity index is 589. The highest BCUT2D eigenvalue weighted by atomic mass is 16.2. The van der Waals surface area contributed by atoms with E-state index < -0.39 is 0 Å². The van der Waals surface area contributed by atoms with E-state index in [1.165, 1.54) is 12.8 Å². The minimum absolute atomic E-state index is 0.0689. The van der Waals surface area contributed by atoms with E-state index in [0.717, 1.165) is 5.82 Å². The lowest BCUT2D eigenvalue weighted by Crippen LogP contribution is -2.41. The SMILES string of the molecule is CC(C)NC(=O)c1cn2c(n1)C(C)N(C(=O)CC1CC1)CC2. The zero-order valence-electron chi connectivity index (χ0n) is 13.5. The molecule has 1 aliphatic heterocycles. The van der Waals surface area contributed by atoms with Crippen LogP contribution in [0.1, 0.15) is 62.4 Å². The number of amides is 2. The second kappa shape index (κ2) is 5.74. The fourth-order valence-electron chi connectivity index (χ4n) is 2.96. The van der Waals surface area contributed by atoms with Crippen molar-refractivity contribution in [3.05, 3.63) is 17.7 Å². The molecule has 6 nitrogen and oxygen atoms in total. The van der Waals surface area contributed by atoms with E-state index in [9.17, 15) is 9.59 Å². The summed E-state index contributed by atoms with van der Waals surface area (Å²) in [5.74, 6) is 1.47. The molecule has 1 saturated carbocycles. The fraction of sp³-hybridized carbons (Fsp3) is 0.688. The molecular weight excluding hydrogens is 280 g/mol. The van der Waals surface area contributed by atoms with E-state index in [1.54, 1.807) is 6.20 Å². The van der Waals surface area contributed by atoms with E-state index in [0.29, 0.717) is 31.1 Å². The number of hydrogen-bond donors (Lipinski definition) is 1. The van der Waals surface area contributed by atoms with Crippen LogP contribution in [0.25, 0.3) is 0 Å². The molecule has 120 valence electrons. The van der Waals surface area contributed by atoms with Crippen molar-refractivity contribution < 1.29 is 9.59 Å². The lowest BCUT2D eigenvalue weighted by Gasteiger charge is -2.33. The van der Waals surface area contributed by atoms with Crippen LogP contribution in [0.4, 0.5) is 0 Å². The highest BCUT2D eigenvalue weighted by molar-refractivity contribution is 5.92. The third-order valence-electron chi connectivity index (χ3n) is 4.36. The molecule has 1 aromatic rings. The smallest absolute Gasteiger partial charge is 0.271 e. The number of fused-ring (bicyclic) bond motifs is 1. The fourth-order valence-corrected chi connectivity index (χ4v) is 2.96. The average Bonchev–Trinajstić information content (AvgIpc) is 3.13. The molecule has 6 heteroatoms. The zero-order valence-corrected chi connectivity index (χ0v) is 13.5. The number of hydrogen-bond acceptors (Lipinski definition) is 3. The van der Waals surface area contributed by atoms with Crippen LogP contribution in [0.15, 0.2) is 6.20 Å². The average molecular weight is 304 g/mol. The van der Waals surface area contributed by atoms with Gasteiger partial charge in [0.1, 0.15) is 11.5 Å². The van der Waals surface area contributed by atoms with Crippen LogP contribution in [0.3, 0.4) is 0 Å². The maximum atomic E-state index is 12.4. The van der Waals surface area contributed by atoms with Crippen molar-refractivity contribution in [1.82, 2.24) is 19.8 Å². The molecule has 1 aromatic heterocycles. The topological polar surface area (TPSA) is 67.2 Å². The minimum atomic E-state index is -0.153. The third kappa shape index (κ3) is 3.00.